The highest BCUT2D eigenvalue weighted by Gasteiger charge is 1.97. The highest BCUT2D eigenvalue weighted by atomic mass is 16.5. The van der Waals surface area contributed by atoms with Crippen molar-refractivity contribution in [2.24, 2.45) is 5.73 Å². The minimum absolute atomic E-state index is 0.118. The number of hydrogen-bond acceptors (Lipinski definition) is 3. The van der Waals surface area contributed by atoms with Crippen LogP contribution in [0.3, 0.4) is 0 Å². The van der Waals surface area contributed by atoms with Crippen LogP contribution in [0.4, 0.5) is 0 Å². The van der Waals surface area contributed by atoms with E-state index in [0.717, 1.165) is 6.42 Å². The summed E-state index contributed by atoms with van der Waals surface area (Å²) in [6.07, 6.45) is 2.93. The first-order valence-electron chi connectivity index (χ1n) is 4.64. The van der Waals surface area contributed by atoms with Crippen molar-refractivity contribution in [2.45, 2.75) is 26.3 Å². The fourth-order valence-electron chi connectivity index (χ4n) is 0.975. The van der Waals surface area contributed by atoms with Gasteiger partial charge in [0, 0.05) is 19.8 Å². The molecular weight excluding hydrogens is 166 g/mol. The van der Waals surface area contributed by atoms with Crippen LogP contribution in [0.25, 0.3) is 0 Å². The lowest BCUT2D eigenvalue weighted by atomic mass is 10.1. The minimum Gasteiger partial charge on any atom is -0.382 e. The van der Waals surface area contributed by atoms with Crippen LogP contribution in [0.1, 0.15) is 20.3 Å². The summed E-state index contributed by atoms with van der Waals surface area (Å²) in [5.74, 6) is 0. The Hall–Kier alpha value is -0.380. The van der Waals surface area contributed by atoms with Crippen molar-refractivity contribution in [3.63, 3.8) is 0 Å². The second-order valence-electron chi connectivity index (χ2n) is 3.30. The second kappa shape index (κ2) is 8.23. The molecule has 0 aromatic rings. The van der Waals surface area contributed by atoms with Crippen LogP contribution < -0.4 is 5.73 Å². The van der Waals surface area contributed by atoms with Crippen LogP contribution in [-0.2, 0) is 9.47 Å². The van der Waals surface area contributed by atoms with E-state index in [1.807, 2.05) is 13.8 Å². The summed E-state index contributed by atoms with van der Waals surface area (Å²) >= 11 is 0. The maximum atomic E-state index is 5.80. The van der Waals surface area contributed by atoms with Gasteiger partial charge in [-0.15, -0.1) is 0 Å². The maximum Gasteiger partial charge on any atom is 0.0700 e. The topological polar surface area (TPSA) is 44.5 Å². The molecule has 0 heterocycles. The molecule has 0 fully saturated rings. The van der Waals surface area contributed by atoms with Gasteiger partial charge in [0.15, 0.2) is 0 Å². The van der Waals surface area contributed by atoms with Crippen LogP contribution >= 0.6 is 0 Å². The predicted octanol–water partition coefficient (Wildman–Crippen LogP) is 1.33. The Balaban J connectivity index is 3.27. The molecule has 0 spiro atoms. The Kier molecular flexibility index (Phi) is 7.99. The van der Waals surface area contributed by atoms with Gasteiger partial charge in [0.05, 0.1) is 13.2 Å². The summed E-state index contributed by atoms with van der Waals surface area (Å²) in [6, 6.07) is 0.118. The van der Waals surface area contributed by atoms with Gasteiger partial charge in [0.25, 0.3) is 0 Å². The standard InChI is InChI=1S/C10H21NO2/c1-9(2)8-10(11)4-5-13-7-6-12-3/h8,10H,4-7,11H2,1-3H3. The van der Waals surface area contributed by atoms with Crippen LogP contribution in [0.2, 0.25) is 0 Å². The quantitative estimate of drug-likeness (QED) is 0.483. The number of nitrogens with two attached hydrogens (primary N) is 1. The summed E-state index contributed by atoms with van der Waals surface area (Å²) in [6.45, 7) is 6.10. The molecule has 1 unspecified atom stereocenters. The van der Waals surface area contributed by atoms with Gasteiger partial charge < -0.3 is 15.2 Å². The number of methoxy groups -OCH3 is 1. The summed E-state index contributed by atoms with van der Waals surface area (Å²) in [7, 11) is 1.66. The van der Waals surface area contributed by atoms with E-state index >= 15 is 0 Å². The van der Waals surface area contributed by atoms with Crippen molar-refractivity contribution in [3.8, 4) is 0 Å². The summed E-state index contributed by atoms with van der Waals surface area (Å²) in [4.78, 5) is 0. The van der Waals surface area contributed by atoms with Crippen molar-refractivity contribution < 1.29 is 9.47 Å². The lowest BCUT2D eigenvalue weighted by Crippen LogP contribution is -2.20. The SMILES string of the molecule is COCCOCCC(N)C=C(C)C. The van der Waals surface area contributed by atoms with Gasteiger partial charge in [-0.05, 0) is 20.3 Å². The molecule has 3 nitrogen and oxygen atoms in total. The van der Waals surface area contributed by atoms with E-state index in [0.29, 0.717) is 19.8 Å². The summed E-state index contributed by atoms with van der Waals surface area (Å²) < 4.78 is 10.1. The van der Waals surface area contributed by atoms with Gasteiger partial charge >= 0.3 is 0 Å². The van der Waals surface area contributed by atoms with E-state index in [4.69, 9.17) is 15.2 Å². The van der Waals surface area contributed by atoms with Crippen molar-refractivity contribution >= 4 is 0 Å². The van der Waals surface area contributed by atoms with Gasteiger partial charge in [-0.3, -0.25) is 0 Å². The highest BCUT2D eigenvalue weighted by Crippen LogP contribution is 1.96. The van der Waals surface area contributed by atoms with Gasteiger partial charge in [-0.2, -0.15) is 0 Å². The summed E-state index contributed by atoms with van der Waals surface area (Å²) in [5, 5.41) is 0. The molecule has 0 radical (unpaired) electrons. The molecule has 13 heavy (non-hydrogen) atoms. The van der Waals surface area contributed by atoms with Gasteiger partial charge in [-0.25, -0.2) is 0 Å². The molecule has 0 aliphatic heterocycles. The Morgan fingerprint density at radius 3 is 2.54 bits per heavy atom. The average molecular weight is 187 g/mol. The smallest absolute Gasteiger partial charge is 0.0700 e. The van der Waals surface area contributed by atoms with E-state index in [9.17, 15) is 0 Å². The van der Waals surface area contributed by atoms with Crippen molar-refractivity contribution in [1.29, 1.82) is 0 Å². The van der Waals surface area contributed by atoms with Crippen molar-refractivity contribution in [2.75, 3.05) is 26.9 Å². The largest absolute Gasteiger partial charge is 0.382 e. The Bertz CT molecular complexity index is 142. The van der Waals surface area contributed by atoms with Crippen LogP contribution in [0.5, 0.6) is 0 Å². The van der Waals surface area contributed by atoms with Crippen molar-refractivity contribution in [1.82, 2.24) is 0 Å². The second-order valence-corrected chi connectivity index (χ2v) is 3.30. The van der Waals surface area contributed by atoms with Gasteiger partial charge in [-0.1, -0.05) is 11.6 Å². The zero-order valence-corrected chi connectivity index (χ0v) is 8.88. The van der Waals surface area contributed by atoms with Crippen LogP contribution in [-0.4, -0.2) is 33.0 Å². The number of allylic oxidation sites excluding steroid dienone is 1. The van der Waals surface area contributed by atoms with E-state index in [2.05, 4.69) is 6.08 Å². The zero-order valence-electron chi connectivity index (χ0n) is 8.88. The van der Waals surface area contributed by atoms with E-state index in [-0.39, 0.29) is 6.04 Å². The molecule has 1 atom stereocenters. The molecule has 2 N–H and O–H groups in total. The van der Waals surface area contributed by atoms with Crippen LogP contribution in [0.15, 0.2) is 11.6 Å². The molecule has 0 bridgehead atoms. The Morgan fingerprint density at radius 2 is 2.00 bits per heavy atom. The Morgan fingerprint density at radius 1 is 1.31 bits per heavy atom. The first kappa shape index (κ1) is 12.6. The van der Waals surface area contributed by atoms with Gasteiger partial charge in [0.1, 0.15) is 0 Å². The molecule has 78 valence electrons. The number of rotatable bonds is 7. The van der Waals surface area contributed by atoms with E-state index in [1.54, 1.807) is 7.11 Å². The molecule has 0 aliphatic carbocycles. The monoisotopic (exact) mass is 187 g/mol. The van der Waals surface area contributed by atoms with Crippen LogP contribution in [0, 0.1) is 0 Å². The highest BCUT2D eigenvalue weighted by molar-refractivity contribution is 4.99. The normalized spacial score (nSPS) is 12.6. The zero-order chi connectivity index (χ0) is 10.1. The first-order valence-corrected chi connectivity index (χ1v) is 4.64. The Labute approximate surface area is 80.9 Å². The number of hydrogen-bond donors (Lipinski definition) is 1. The average Bonchev–Trinajstić information content (AvgIpc) is 2.02. The molecule has 3 heteroatoms. The molecular formula is C10H21NO2. The third-order valence-electron chi connectivity index (χ3n) is 1.57. The fraction of sp³-hybridized carbons (Fsp3) is 0.800. The molecule has 0 saturated heterocycles. The molecule has 0 aliphatic rings. The molecule has 0 rings (SSSR count). The third kappa shape index (κ3) is 9.53. The summed E-state index contributed by atoms with van der Waals surface area (Å²) in [5.41, 5.74) is 7.06. The maximum absolute atomic E-state index is 5.80. The van der Waals surface area contributed by atoms with E-state index in [1.165, 1.54) is 5.57 Å². The lowest BCUT2D eigenvalue weighted by Gasteiger charge is -2.07. The fourth-order valence-corrected chi connectivity index (χ4v) is 0.975. The minimum atomic E-state index is 0.118. The van der Waals surface area contributed by atoms with Crippen molar-refractivity contribution in [3.05, 3.63) is 11.6 Å². The number of ether oxygens (including phenoxy) is 2. The third-order valence-corrected chi connectivity index (χ3v) is 1.57. The van der Waals surface area contributed by atoms with Gasteiger partial charge in [0.2, 0.25) is 0 Å². The van der Waals surface area contributed by atoms with E-state index < -0.39 is 0 Å². The molecule has 0 saturated carbocycles. The molecule has 0 amide bonds. The predicted molar refractivity (Wildman–Crippen MR) is 54.7 cm³/mol. The lowest BCUT2D eigenvalue weighted by molar-refractivity contribution is 0.0685. The molecule has 0 aromatic heterocycles. The molecule has 0 aromatic carbocycles. The first-order chi connectivity index (χ1) is 6.16.